The van der Waals surface area contributed by atoms with Crippen LogP contribution in [0.15, 0.2) is 42.5 Å². The highest BCUT2D eigenvalue weighted by Gasteiger charge is 2.47. The first-order chi connectivity index (χ1) is 11.6. The molecule has 0 spiro atoms. The normalized spacial score (nSPS) is 23.0. The molecule has 1 saturated heterocycles. The zero-order chi connectivity index (χ0) is 16.7. The van der Waals surface area contributed by atoms with Crippen LogP contribution in [0.25, 0.3) is 10.6 Å². The molecule has 122 valence electrons. The van der Waals surface area contributed by atoms with Gasteiger partial charge >= 0.3 is 0 Å². The number of aryl methyl sites for hydroxylation is 1. The Morgan fingerprint density at radius 2 is 1.71 bits per heavy atom. The third-order valence-electron chi connectivity index (χ3n) is 4.81. The van der Waals surface area contributed by atoms with E-state index in [0.29, 0.717) is 19.4 Å². The molecular weight excluding hydrogens is 320 g/mol. The lowest BCUT2D eigenvalue weighted by Gasteiger charge is -2.14. The van der Waals surface area contributed by atoms with E-state index in [2.05, 4.69) is 4.98 Å². The number of hydrogen-bond acceptors (Lipinski definition) is 4. The third-order valence-corrected chi connectivity index (χ3v) is 6.01. The quantitative estimate of drug-likeness (QED) is 0.635. The average Bonchev–Trinajstić information content (AvgIpc) is 3.10. The van der Waals surface area contributed by atoms with Crippen LogP contribution in [-0.4, -0.2) is 21.7 Å². The van der Waals surface area contributed by atoms with Gasteiger partial charge in [0.05, 0.1) is 24.1 Å². The van der Waals surface area contributed by atoms with Gasteiger partial charge in [-0.2, -0.15) is 0 Å². The predicted molar refractivity (Wildman–Crippen MR) is 93.2 cm³/mol. The Kier molecular flexibility index (Phi) is 3.81. The second kappa shape index (κ2) is 5.98. The first kappa shape index (κ1) is 15.3. The Bertz CT molecular complexity index is 799. The van der Waals surface area contributed by atoms with E-state index < -0.39 is 0 Å². The molecule has 0 N–H and O–H groups in total. The van der Waals surface area contributed by atoms with Crippen molar-refractivity contribution < 1.29 is 9.59 Å². The van der Waals surface area contributed by atoms with Crippen molar-refractivity contribution in [3.63, 3.8) is 0 Å². The molecule has 0 saturated carbocycles. The molecule has 1 aromatic heterocycles. The summed E-state index contributed by atoms with van der Waals surface area (Å²) in [4.78, 5) is 32.2. The molecule has 2 amide bonds. The summed E-state index contributed by atoms with van der Waals surface area (Å²) in [5, 5.41) is 0.932. The Morgan fingerprint density at radius 1 is 1.08 bits per heavy atom. The molecule has 0 bridgehead atoms. The third kappa shape index (κ3) is 2.49. The molecular formula is C19H18N2O2S. The summed E-state index contributed by atoms with van der Waals surface area (Å²) >= 11 is 1.56. The van der Waals surface area contributed by atoms with Crippen molar-refractivity contribution in [2.24, 2.45) is 11.8 Å². The van der Waals surface area contributed by atoms with Gasteiger partial charge in [-0.1, -0.05) is 42.5 Å². The summed E-state index contributed by atoms with van der Waals surface area (Å²) in [5.41, 5.74) is 1.96. The van der Waals surface area contributed by atoms with Crippen molar-refractivity contribution in [1.82, 2.24) is 9.88 Å². The van der Waals surface area contributed by atoms with Crippen LogP contribution in [0.4, 0.5) is 0 Å². The number of hydrogen-bond donors (Lipinski definition) is 0. The van der Waals surface area contributed by atoms with Crippen molar-refractivity contribution in [3.8, 4) is 10.6 Å². The number of imide groups is 1. The zero-order valence-electron chi connectivity index (χ0n) is 13.4. The van der Waals surface area contributed by atoms with E-state index in [9.17, 15) is 9.59 Å². The number of nitrogens with zero attached hydrogens (tertiary/aromatic N) is 2. The van der Waals surface area contributed by atoms with Crippen LogP contribution in [-0.2, 0) is 16.1 Å². The SMILES string of the molecule is Cc1nc(-c2ccccc2)sc1CN1C(=O)[C@H]2CC=CC[C@@H]2C1=O. The molecule has 1 fully saturated rings. The first-order valence-electron chi connectivity index (χ1n) is 8.17. The fraction of sp³-hybridized carbons (Fsp3) is 0.316. The maximum Gasteiger partial charge on any atom is 0.233 e. The second-order valence-electron chi connectivity index (χ2n) is 6.31. The van der Waals surface area contributed by atoms with Crippen LogP contribution >= 0.6 is 11.3 Å². The first-order valence-corrected chi connectivity index (χ1v) is 8.98. The lowest BCUT2D eigenvalue weighted by molar-refractivity contribution is -0.140. The molecule has 0 unspecified atom stereocenters. The number of allylic oxidation sites excluding steroid dienone is 2. The Hall–Kier alpha value is -2.27. The van der Waals surface area contributed by atoms with Crippen LogP contribution in [0.2, 0.25) is 0 Å². The summed E-state index contributed by atoms with van der Waals surface area (Å²) in [6, 6.07) is 9.99. The van der Waals surface area contributed by atoms with E-state index >= 15 is 0 Å². The van der Waals surface area contributed by atoms with E-state index in [1.165, 1.54) is 4.90 Å². The molecule has 0 radical (unpaired) electrons. The smallest absolute Gasteiger partial charge is 0.233 e. The van der Waals surface area contributed by atoms with Gasteiger partial charge in [0.2, 0.25) is 11.8 Å². The minimum atomic E-state index is -0.163. The van der Waals surface area contributed by atoms with Crippen LogP contribution in [0.3, 0.4) is 0 Å². The van der Waals surface area contributed by atoms with Gasteiger partial charge in [0.15, 0.2) is 0 Å². The monoisotopic (exact) mass is 338 g/mol. The van der Waals surface area contributed by atoms with Gasteiger partial charge in [-0.3, -0.25) is 14.5 Å². The van der Waals surface area contributed by atoms with E-state index in [1.54, 1.807) is 11.3 Å². The molecule has 4 rings (SSSR count). The maximum atomic E-state index is 12.6. The molecule has 2 aliphatic rings. The molecule has 24 heavy (non-hydrogen) atoms. The second-order valence-corrected chi connectivity index (χ2v) is 7.40. The Balaban J connectivity index is 1.59. The molecule has 1 aromatic carbocycles. The topological polar surface area (TPSA) is 50.3 Å². The maximum absolute atomic E-state index is 12.6. The van der Waals surface area contributed by atoms with E-state index in [4.69, 9.17) is 0 Å². The zero-order valence-corrected chi connectivity index (χ0v) is 14.3. The molecule has 2 atom stereocenters. The van der Waals surface area contributed by atoms with E-state index in [1.807, 2.05) is 49.4 Å². The van der Waals surface area contributed by atoms with Crippen molar-refractivity contribution in [2.75, 3.05) is 0 Å². The van der Waals surface area contributed by atoms with Crippen molar-refractivity contribution in [1.29, 1.82) is 0 Å². The van der Waals surface area contributed by atoms with Gasteiger partial charge in [-0.25, -0.2) is 4.98 Å². The number of carbonyl (C=O) groups is 2. The predicted octanol–water partition coefficient (Wildman–Crippen LogP) is 3.57. The summed E-state index contributed by atoms with van der Waals surface area (Å²) < 4.78 is 0. The van der Waals surface area contributed by atoms with Crippen LogP contribution < -0.4 is 0 Å². The molecule has 1 aliphatic carbocycles. The standard InChI is InChI=1S/C19H18N2O2S/c1-12-16(24-17(20-12)13-7-3-2-4-8-13)11-21-18(22)14-9-5-6-10-15(14)19(21)23/h2-8,14-15H,9-11H2,1H3/t14-,15-/m0/s1. The minimum Gasteiger partial charge on any atom is -0.277 e. The average molecular weight is 338 g/mol. The highest BCUT2D eigenvalue weighted by atomic mass is 32.1. The number of fused-ring (bicyclic) bond motifs is 1. The molecule has 1 aliphatic heterocycles. The lowest BCUT2D eigenvalue weighted by Crippen LogP contribution is -2.30. The van der Waals surface area contributed by atoms with Gasteiger partial charge in [-0.05, 0) is 19.8 Å². The summed E-state index contributed by atoms with van der Waals surface area (Å²) in [5.74, 6) is -0.375. The van der Waals surface area contributed by atoms with Gasteiger partial charge in [-0.15, -0.1) is 11.3 Å². The summed E-state index contributed by atoms with van der Waals surface area (Å²) in [7, 11) is 0. The Morgan fingerprint density at radius 3 is 2.33 bits per heavy atom. The van der Waals surface area contributed by atoms with Crippen molar-refractivity contribution in [2.45, 2.75) is 26.3 Å². The largest absolute Gasteiger partial charge is 0.277 e. The van der Waals surface area contributed by atoms with Crippen LogP contribution in [0.1, 0.15) is 23.4 Å². The van der Waals surface area contributed by atoms with Crippen LogP contribution in [0.5, 0.6) is 0 Å². The summed E-state index contributed by atoms with van der Waals surface area (Å²) in [6.07, 6.45) is 5.40. The van der Waals surface area contributed by atoms with Gasteiger partial charge in [0.1, 0.15) is 5.01 Å². The van der Waals surface area contributed by atoms with E-state index in [0.717, 1.165) is 21.1 Å². The van der Waals surface area contributed by atoms with Gasteiger partial charge < -0.3 is 0 Å². The van der Waals surface area contributed by atoms with Gasteiger partial charge in [0, 0.05) is 10.4 Å². The Labute approximate surface area is 144 Å². The number of aromatic nitrogens is 1. The lowest BCUT2D eigenvalue weighted by atomic mass is 9.85. The number of benzene rings is 1. The molecule has 4 nitrogen and oxygen atoms in total. The fourth-order valence-electron chi connectivity index (χ4n) is 3.45. The highest BCUT2D eigenvalue weighted by molar-refractivity contribution is 7.15. The fourth-order valence-corrected chi connectivity index (χ4v) is 4.50. The van der Waals surface area contributed by atoms with Crippen LogP contribution in [0, 0.1) is 18.8 Å². The van der Waals surface area contributed by atoms with E-state index in [-0.39, 0.29) is 23.7 Å². The number of amides is 2. The number of rotatable bonds is 3. The minimum absolute atomic E-state index is 0.0246. The summed E-state index contributed by atoms with van der Waals surface area (Å²) in [6.45, 7) is 2.29. The molecule has 2 heterocycles. The van der Waals surface area contributed by atoms with Crippen molar-refractivity contribution in [3.05, 3.63) is 53.1 Å². The van der Waals surface area contributed by atoms with Gasteiger partial charge in [0.25, 0.3) is 0 Å². The number of thiazole rings is 1. The highest BCUT2D eigenvalue weighted by Crippen LogP contribution is 2.37. The molecule has 2 aromatic rings. The molecule has 5 heteroatoms. The number of carbonyl (C=O) groups excluding carboxylic acids is 2. The number of likely N-dealkylation sites (tertiary alicyclic amines) is 1. The van der Waals surface area contributed by atoms with Crippen molar-refractivity contribution >= 4 is 23.2 Å².